The van der Waals surface area contributed by atoms with Crippen LogP contribution >= 0.6 is 15.9 Å². The average Bonchev–Trinajstić information content (AvgIpc) is 2.83. The fraction of sp³-hybridized carbons (Fsp3) is 0.231. The molecule has 1 aliphatic rings. The van der Waals surface area contributed by atoms with Gasteiger partial charge in [-0.3, -0.25) is 4.57 Å². The van der Waals surface area contributed by atoms with Crippen LogP contribution in [0, 0.1) is 5.82 Å². The highest BCUT2D eigenvalue weighted by atomic mass is 79.9. The van der Waals surface area contributed by atoms with Gasteiger partial charge in [0, 0.05) is 4.47 Å². The molecule has 0 atom stereocenters. The summed E-state index contributed by atoms with van der Waals surface area (Å²) in [5, 5.41) is 0. The highest BCUT2D eigenvalue weighted by molar-refractivity contribution is 9.10. The minimum absolute atomic E-state index is 0.0691. The van der Waals surface area contributed by atoms with Crippen LogP contribution in [0.15, 0.2) is 22.9 Å². The number of imidazole rings is 1. The zero-order valence-electron chi connectivity index (χ0n) is 10.5. The van der Waals surface area contributed by atoms with Gasteiger partial charge in [-0.15, -0.1) is 0 Å². The number of fused-ring (bicyclic) bond motifs is 3. The minimum atomic E-state index is -0.510. The molecular weight excluding hydrogens is 331 g/mol. The van der Waals surface area contributed by atoms with Gasteiger partial charge in [0.15, 0.2) is 17.3 Å². The summed E-state index contributed by atoms with van der Waals surface area (Å²) in [6, 6.07) is 3.03. The molecule has 1 aromatic heterocycles. The van der Waals surface area contributed by atoms with Crippen molar-refractivity contribution in [3.05, 3.63) is 40.1 Å². The van der Waals surface area contributed by atoms with Crippen molar-refractivity contribution in [2.45, 2.75) is 13.5 Å². The van der Waals surface area contributed by atoms with Gasteiger partial charge in [0.1, 0.15) is 12.9 Å². The normalized spacial score (nSPS) is 12.3. The summed E-state index contributed by atoms with van der Waals surface area (Å²) in [5.41, 5.74) is 1.24. The van der Waals surface area contributed by atoms with E-state index in [1.165, 1.54) is 12.4 Å². The second kappa shape index (κ2) is 4.90. The Balaban J connectivity index is 2.12. The fourth-order valence-electron chi connectivity index (χ4n) is 2.10. The van der Waals surface area contributed by atoms with Crippen LogP contribution in [0.4, 0.5) is 4.39 Å². The smallest absolute Gasteiger partial charge is 0.358 e. The van der Waals surface area contributed by atoms with Crippen LogP contribution in [0.2, 0.25) is 0 Å². The number of rotatable bonds is 2. The van der Waals surface area contributed by atoms with Gasteiger partial charge in [-0.1, -0.05) is 15.9 Å². The molecule has 0 saturated heterocycles. The fourth-order valence-corrected chi connectivity index (χ4v) is 2.52. The molecule has 3 rings (SSSR count). The van der Waals surface area contributed by atoms with Crippen molar-refractivity contribution in [1.29, 1.82) is 0 Å². The summed E-state index contributed by atoms with van der Waals surface area (Å²) < 4.78 is 26.4. The standard InChI is InChI=1S/C13H10BrFN2O3/c1-2-19-13(18)11-10-5-20-12-8(15)3-7(14)4-9(12)17(10)6-16-11/h3-4,6H,2,5H2,1H3. The van der Waals surface area contributed by atoms with Crippen molar-refractivity contribution in [3.8, 4) is 11.4 Å². The lowest BCUT2D eigenvalue weighted by Gasteiger charge is -2.21. The molecule has 0 unspecified atom stereocenters. The first-order valence-corrected chi connectivity index (χ1v) is 6.76. The molecule has 2 aromatic rings. The second-order valence-electron chi connectivity index (χ2n) is 4.15. The van der Waals surface area contributed by atoms with Gasteiger partial charge < -0.3 is 9.47 Å². The first-order chi connectivity index (χ1) is 9.61. The molecule has 7 heteroatoms. The molecule has 0 bridgehead atoms. The van der Waals surface area contributed by atoms with E-state index in [1.54, 1.807) is 17.6 Å². The van der Waals surface area contributed by atoms with Gasteiger partial charge in [-0.25, -0.2) is 14.2 Å². The van der Waals surface area contributed by atoms with E-state index in [-0.39, 0.29) is 24.7 Å². The number of carbonyl (C=O) groups is 1. The molecule has 104 valence electrons. The Kier molecular flexibility index (Phi) is 3.21. The van der Waals surface area contributed by atoms with Gasteiger partial charge >= 0.3 is 5.97 Å². The van der Waals surface area contributed by atoms with Crippen LogP contribution in [-0.4, -0.2) is 22.1 Å². The highest BCUT2D eigenvalue weighted by Crippen LogP contribution is 2.35. The molecule has 0 saturated carbocycles. The molecular formula is C13H10BrFN2O3. The van der Waals surface area contributed by atoms with E-state index in [1.807, 2.05) is 0 Å². The minimum Gasteiger partial charge on any atom is -0.482 e. The van der Waals surface area contributed by atoms with Crippen molar-refractivity contribution in [2.24, 2.45) is 0 Å². The number of nitrogens with zero attached hydrogens (tertiary/aromatic N) is 2. The second-order valence-corrected chi connectivity index (χ2v) is 5.07. The number of halogens is 2. The third-order valence-electron chi connectivity index (χ3n) is 2.94. The first-order valence-electron chi connectivity index (χ1n) is 5.97. The largest absolute Gasteiger partial charge is 0.482 e. The molecule has 20 heavy (non-hydrogen) atoms. The van der Waals surface area contributed by atoms with Crippen LogP contribution in [0.5, 0.6) is 5.75 Å². The summed E-state index contributed by atoms with van der Waals surface area (Å²) in [7, 11) is 0. The number of hydrogen-bond acceptors (Lipinski definition) is 4. The molecule has 1 aliphatic heterocycles. The van der Waals surface area contributed by atoms with Gasteiger partial charge in [0.25, 0.3) is 0 Å². The van der Waals surface area contributed by atoms with Crippen molar-refractivity contribution in [3.63, 3.8) is 0 Å². The molecule has 0 aliphatic carbocycles. The van der Waals surface area contributed by atoms with Crippen molar-refractivity contribution >= 4 is 21.9 Å². The average molecular weight is 341 g/mol. The first kappa shape index (κ1) is 13.1. The van der Waals surface area contributed by atoms with Crippen molar-refractivity contribution in [2.75, 3.05) is 6.61 Å². The zero-order chi connectivity index (χ0) is 14.3. The van der Waals surface area contributed by atoms with Crippen molar-refractivity contribution in [1.82, 2.24) is 9.55 Å². The van der Waals surface area contributed by atoms with Crippen LogP contribution in [0.25, 0.3) is 5.69 Å². The number of esters is 1. The van der Waals surface area contributed by atoms with E-state index in [4.69, 9.17) is 9.47 Å². The van der Waals surface area contributed by atoms with E-state index >= 15 is 0 Å². The van der Waals surface area contributed by atoms with Gasteiger partial charge in [-0.05, 0) is 19.1 Å². The van der Waals surface area contributed by atoms with Crippen LogP contribution < -0.4 is 4.74 Å². The molecule has 2 heterocycles. The number of ether oxygens (including phenoxy) is 2. The lowest BCUT2D eigenvalue weighted by Crippen LogP contribution is -2.17. The summed E-state index contributed by atoms with van der Waals surface area (Å²) in [4.78, 5) is 15.8. The third kappa shape index (κ3) is 1.98. The van der Waals surface area contributed by atoms with Gasteiger partial charge in [0.2, 0.25) is 0 Å². The van der Waals surface area contributed by atoms with E-state index in [2.05, 4.69) is 20.9 Å². The highest BCUT2D eigenvalue weighted by Gasteiger charge is 2.27. The number of aromatic nitrogens is 2. The summed E-state index contributed by atoms with van der Waals surface area (Å²) in [6.07, 6.45) is 1.47. The van der Waals surface area contributed by atoms with Crippen LogP contribution in [0.1, 0.15) is 23.1 Å². The van der Waals surface area contributed by atoms with Crippen LogP contribution in [0.3, 0.4) is 0 Å². The Morgan fingerprint density at radius 2 is 2.40 bits per heavy atom. The Hall–Kier alpha value is -1.89. The van der Waals surface area contributed by atoms with Gasteiger partial charge in [0.05, 0.1) is 18.0 Å². The topological polar surface area (TPSA) is 53.3 Å². The maximum absolute atomic E-state index is 13.8. The number of hydrogen-bond donors (Lipinski definition) is 0. The van der Waals surface area contributed by atoms with E-state index < -0.39 is 11.8 Å². The quantitative estimate of drug-likeness (QED) is 0.789. The number of carbonyl (C=O) groups excluding carboxylic acids is 1. The van der Waals surface area contributed by atoms with Gasteiger partial charge in [-0.2, -0.15) is 0 Å². The predicted octanol–water partition coefficient (Wildman–Crippen LogP) is 2.84. The zero-order valence-corrected chi connectivity index (χ0v) is 12.1. The third-order valence-corrected chi connectivity index (χ3v) is 3.39. The molecule has 1 aromatic carbocycles. The summed E-state index contributed by atoms with van der Waals surface area (Å²) >= 11 is 3.23. The maximum atomic E-state index is 13.8. The Morgan fingerprint density at radius 1 is 1.60 bits per heavy atom. The monoisotopic (exact) mass is 340 g/mol. The SMILES string of the molecule is CCOC(=O)c1ncn2c1COc1c(F)cc(Br)cc1-2. The number of benzene rings is 1. The summed E-state index contributed by atoms with van der Waals surface area (Å²) in [6.45, 7) is 2.06. The summed E-state index contributed by atoms with van der Waals surface area (Å²) in [5.74, 6) is -0.830. The Labute approximate surface area is 122 Å². The molecule has 0 fully saturated rings. The van der Waals surface area contributed by atoms with E-state index in [0.717, 1.165) is 0 Å². The molecule has 0 N–H and O–H groups in total. The van der Waals surface area contributed by atoms with Crippen LogP contribution in [-0.2, 0) is 11.3 Å². The van der Waals surface area contributed by atoms with Crippen molar-refractivity contribution < 1.29 is 18.7 Å². The molecule has 0 spiro atoms. The molecule has 0 amide bonds. The Bertz CT molecular complexity index is 699. The lowest BCUT2D eigenvalue weighted by molar-refractivity contribution is 0.0516. The molecule has 5 nitrogen and oxygen atoms in total. The lowest BCUT2D eigenvalue weighted by atomic mass is 10.2. The molecule has 0 radical (unpaired) electrons. The maximum Gasteiger partial charge on any atom is 0.358 e. The Morgan fingerprint density at radius 3 is 3.15 bits per heavy atom. The van der Waals surface area contributed by atoms with E-state index in [9.17, 15) is 9.18 Å². The predicted molar refractivity (Wildman–Crippen MR) is 71.5 cm³/mol. The van der Waals surface area contributed by atoms with E-state index in [0.29, 0.717) is 15.9 Å².